The molecule has 0 spiro atoms. The number of alkyl halides is 3. The molecule has 1 amide bonds. The highest BCUT2D eigenvalue weighted by Crippen LogP contribution is 2.30. The third kappa shape index (κ3) is 3.82. The number of nitrogens with one attached hydrogen (secondary N) is 1. The minimum absolute atomic E-state index is 0.0333. The number of carbonyl (C=O) groups excluding carboxylic acids is 1. The maximum Gasteiger partial charge on any atom is 0.416 e. The molecule has 26 heavy (non-hydrogen) atoms. The van der Waals surface area contributed by atoms with E-state index in [1.165, 1.54) is 19.2 Å². The summed E-state index contributed by atoms with van der Waals surface area (Å²) in [5.74, 6) is -0.442. The summed E-state index contributed by atoms with van der Waals surface area (Å²) < 4.78 is 48.4. The van der Waals surface area contributed by atoms with Crippen LogP contribution in [0.4, 0.5) is 18.9 Å². The van der Waals surface area contributed by atoms with E-state index in [2.05, 4.69) is 15.5 Å². The van der Waals surface area contributed by atoms with Gasteiger partial charge in [0.2, 0.25) is 5.89 Å². The van der Waals surface area contributed by atoms with Crippen LogP contribution < -0.4 is 10.1 Å². The second kappa shape index (κ2) is 6.87. The molecule has 9 heteroatoms. The lowest BCUT2D eigenvalue weighted by Gasteiger charge is -2.08. The lowest BCUT2D eigenvalue weighted by molar-refractivity contribution is -0.137. The van der Waals surface area contributed by atoms with Gasteiger partial charge in [-0.1, -0.05) is 6.07 Å². The topological polar surface area (TPSA) is 77.2 Å². The fraction of sp³-hybridized carbons (Fsp3) is 0.118. The van der Waals surface area contributed by atoms with E-state index in [1.807, 2.05) is 0 Å². The van der Waals surface area contributed by atoms with Gasteiger partial charge in [0.15, 0.2) is 0 Å². The quantitative estimate of drug-likeness (QED) is 0.758. The predicted octanol–water partition coefficient (Wildman–Crippen LogP) is 4.02. The Morgan fingerprint density at radius 1 is 1.12 bits per heavy atom. The molecule has 6 nitrogen and oxygen atoms in total. The average molecular weight is 363 g/mol. The number of amides is 1. The highest BCUT2D eigenvalue weighted by Gasteiger charge is 2.30. The molecule has 0 atom stereocenters. The zero-order valence-corrected chi connectivity index (χ0v) is 13.4. The van der Waals surface area contributed by atoms with E-state index in [9.17, 15) is 18.0 Å². The lowest BCUT2D eigenvalue weighted by atomic mass is 10.2. The molecule has 0 aliphatic heterocycles. The first-order chi connectivity index (χ1) is 12.4. The molecule has 0 saturated heterocycles. The van der Waals surface area contributed by atoms with Crippen molar-refractivity contribution in [1.29, 1.82) is 0 Å². The first kappa shape index (κ1) is 17.5. The van der Waals surface area contributed by atoms with Crippen LogP contribution >= 0.6 is 0 Å². The first-order valence-corrected chi connectivity index (χ1v) is 7.33. The van der Waals surface area contributed by atoms with Crippen LogP contribution in [0.1, 0.15) is 16.2 Å². The number of benzene rings is 2. The van der Waals surface area contributed by atoms with E-state index >= 15 is 0 Å². The highest BCUT2D eigenvalue weighted by atomic mass is 19.4. The zero-order valence-electron chi connectivity index (χ0n) is 13.4. The number of anilines is 1. The minimum atomic E-state index is -4.51. The number of rotatable bonds is 4. The van der Waals surface area contributed by atoms with Gasteiger partial charge in [-0.2, -0.15) is 13.2 Å². The molecule has 0 aliphatic rings. The molecule has 0 fully saturated rings. The Bertz CT molecular complexity index is 921. The van der Waals surface area contributed by atoms with E-state index in [0.717, 1.165) is 12.1 Å². The third-order valence-corrected chi connectivity index (χ3v) is 3.40. The zero-order chi connectivity index (χ0) is 18.7. The average Bonchev–Trinajstić information content (AvgIpc) is 3.11. The Morgan fingerprint density at radius 3 is 2.50 bits per heavy atom. The Balaban J connectivity index is 1.76. The number of methoxy groups -OCH3 is 1. The molecule has 2 aromatic carbocycles. The number of nitrogens with zero attached hydrogens (tertiary/aromatic N) is 2. The van der Waals surface area contributed by atoms with Crippen molar-refractivity contribution in [3.05, 3.63) is 60.0 Å². The highest BCUT2D eigenvalue weighted by molar-refractivity contribution is 6.01. The fourth-order valence-electron chi connectivity index (χ4n) is 2.12. The van der Waals surface area contributed by atoms with Crippen LogP contribution in [-0.2, 0) is 6.18 Å². The molecule has 1 heterocycles. The SMILES string of the molecule is COc1ccc(-c2nnc(C(=O)Nc3cccc(C(F)(F)F)c3)o2)cc1. The van der Waals surface area contributed by atoms with Crippen LogP contribution in [0.5, 0.6) is 5.75 Å². The third-order valence-electron chi connectivity index (χ3n) is 3.40. The summed E-state index contributed by atoms with van der Waals surface area (Å²) in [6, 6.07) is 10.9. The van der Waals surface area contributed by atoms with Gasteiger partial charge in [-0.05, 0) is 42.5 Å². The predicted molar refractivity (Wildman–Crippen MR) is 85.7 cm³/mol. The first-order valence-electron chi connectivity index (χ1n) is 7.33. The normalized spacial score (nSPS) is 11.2. The smallest absolute Gasteiger partial charge is 0.416 e. The largest absolute Gasteiger partial charge is 0.497 e. The van der Waals surface area contributed by atoms with Crippen molar-refractivity contribution < 1.29 is 27.1 Å². The summed E-state index contributed by atoms with van der Waals surface area (Å²) in [6.45, 7) is 0. The molecule has 0 bridgehead atoms. The number of ether oxygens (including phenoxy) is 1. The van der Waals surface area contributed by atoms with Crippen LogP contribution in [0, 0.1) is 0 Å². The van der Waals surface area contributed by atoms with Crippen molar-refractivity contribution in [3.63, 3.8) is 0 Å². The summed E-state index contributed by atoms with van der Waals surface area (Å²) in [6.07, 6.45) is -4.51. The fourth-order valence-corrected chi connectivity index (χ4v) is 2.12. The van der Waals surface area contributed by atoms with E-state index in [4.69, 9.17) is 9.15 Å². The van der Waals surface area contributed by atoms with Gasteiger partial charge in [0.25, 0.3) is 0 Å². The van der Waals surface area contributed by atoms with Gasteiger partial charge in [-0.25, -0.2) is 0 Å². The summed E-state index contributed by atoms with van der Waals surface area (Å²) in [5, 5.41) is 9.68. The molecule has 0 aliphatic carbocycles. The Hall–Kier alpha value is -3.36. The summed E-state index contributed by atoms with van der Waals surface area (Å²) >= 11 is 0. The standard InChI is InChI=1S/C17H12F3N3O3/c1-25-13-7-5-10(6-8-13)15-22-23-16(26-15)14(24)21-12-4-2-3-11(9-12)17(18,19)20/h2-9H,1H3,(H,21,24). The van der Waals surface area contributed by atoms with E-state index < -0.39 is 17.6 Å². The van der Waals surface area contributed by atoms with Gasteiger partial charge < -0.3 is 14.5 Å². The second-order valence-electron chi connectivity index (χ2n) is 5.17. The van der Waals surface area contributed by atoms with Crippen molar-refractivity contribution in [3.8, 4) is 17.2 Å². The molecule has 3 rings (SSSR count). The van der Waals surface area contributed by atoms with Gasteiger partial charge in [0, 0.05) is 11.3 Å². The van der Waals surface area contributed by atoms with Gasteiger partial charge in [-0.15, -0.1) is 10.2 Å². The van der Waals surface area contributed by atoms with Crippen LogP contribution in [0.25, 0.3) is 11.5 Å². The number of hydrogen-bond acceptors (Lipinski definition) is 5. The molecule has 0 radical (unpaired) electrons. The van der Waals surface area contributed by atoms with E-state index in [1.54, 1.807) is 24.3 Å². The molecular weight excluding hydrogens is 351 g/mol. The van der Waals surface area contributed by atoms with Gasteiger partial charge >= 0.3 is 18.0 Å². The number of aromatic nitrogens is 2. The number of halogens is 3. The van der Waals surface area contributed by atoms with Crippen LogP contribution in [-0.4, -0.2) is 23.2 Å². The molecule has 1 aromatic heterocycles. The van der Waals surface area contributed by atoms with Gasteiger partial charge in [-0.3, -0.25) is 4.79 Å². The van der Waals surface area contributed by atoms with Crippen molar-refractivity contribution in [2.24, 2.45) is 0 Å². The van der Waals surface area contributed by atoms with Crippen molar-refractivity contribution in [2.45, 2.75) is 6.18 Å². The second-order valence-corrected chi connectivity index (χ2v) is 5.17. The molecule has 0 saturated carbocycles. The summed E-state index contributed by atoms with van der Waals surface area (Å²) in [4.78, 5) is 12.1. The summed E-state index contributed by atoms with van der Waals surface area (Å²) in [7, 11) is 1.53. The lowest BCUT2D eigenvalue weighted by Crippen LogP contribution is -2.13. The van der Waals surface area contributed by atoms with Gasteiger partial charge in [0.05, 0.1) is 12.7 Å². The van der Waals surface area contributed by atoms with Crippen molar-refractivity contribution >= 4 is 11.6 Å². The molecule has 1 N–H and O–H groups in total. The Morgan fingerprint density at radius 2 is 1.85 bits per heavy atom. The molecule has 134 valence electrons. The van der Waals surface area contributed by atoms with E-state index in [0.29, 0.717) is 11.3 Å². The molecule has 0 unspecified atom stereocenters. The van der Waals surface area contributed by atoms with Gasteiger partial charge in [0.1, 0.15) is 5.75 Å². The Labute approximate surface area is 145 Å². The van der Waals surface area contributed by atoms with Crippen LogP contribution in [0.2, 0.25) is 0 Å². The number of carbonyl (C=O) groups is 1. The number of hydrogen-bond donors (Lipinski definition) is 1. The van der Waals surface area contributed by atoms with Crippen LogP contribution in [0.15, 0.2) is 52.9 Å². The maximum atomic E-state index is 12.7. The summed E-state index contributed by atoms with van der Waals surface area (Å²) in [5.41, 5.74) is -0.342. The van der Waals surface area contributed by atoms with Crippen molar-refractivity contribution in [2.75, 3.05) is 12.4 Å². The minimum Gasteiger partial charge on any atom is -0.497 e. The molecule has 3 aromatic rings. The molecular formula is C17H12F3N3O3. The van der Waals surface area contributed by atoms with Crippen molar-refractivity contribution in [1.82, 2.24) is 10.2 Å². The maximum absolute atomic E-state index is 12.7. The van der Waals surface area contributed by atoms with E-state index in [-0.39, 0.29) is 17.5 Å². The monoisotopic (exact) mass is 363 g/mol. The Kier molecular flexibility index (Phi) is 4.61. The van der Waals surface area contributed by atoms with Crippen LogP contribution in [0.3, 0.4) is 0 Å².